The molecule has 2 aliphatic carbocycles. The highest BCUT2D eigenvalue weighted by molar-refractivity contribution is 5.82. The highest BCUT2D eigenvalue weighted by Gasteiger charge is 2.41. The Bertz CT molecular complexity index is 318. The van der Waals surface area contributed by atoms with E-state index in [-0.39, 0.29) is 6.04 Å². The predicted molar refractivity (Wildman–Crippen MR) is 72.3 cm³/mol. The van der Waals surface area contributed by atoms with Crippen LogP contribution in [0.5, 0.6) is 0 Å². The van der Waals surface area contributed by atoms with Gasteiger partial charge in [-0.05, 0) is 63.5 Å². The Morgan fingerprint density at radius 3 is 2.83 bits per heavy atom. The first kappa shape index (κ1) is 12.5. The Balaban J connectivity index is 1.54. The molecule has 3 aliphatic rings. The van der Waals surface area contributed by atoms with Crippen molar-refractivity contribution in [2.24, 2.45) is 11.8 Å². The first-order valence-corrected chi connectivity index (χ1v) is 7.82. The first-order valence-electron chi connectivity index (χ1n) is 7.82. The molecule has 0 aromatic heterocycles. The summed E-state index contributed by atoms with van der Waals surface area (Å²) in [6, 6.07) is 0.671. The summed E-state index contributed by atoms with van der Waals surface area (Å²) in [5, 5.41) is 3.36. The fourth-order valence-corrected chi connectivity index (χ4v) is 4.38. The Hall–Kier alpha value is -0.570. The third-order valence-electron chi connectivity index (χ3n) is 5.24. The molecule has 0 radical (unpaired) electrons. The second-order valence-corrected chi connectivity index (χ2v) is 6.48. The third kappa shape index (κ3) is 2.29. The summed E-state index contributed by atoms with van der Waals surface area (Å²) in [5.74, 6) is 2.02. The van der Waals surface area contributed by atoms with Gasteiger partial charge in [0, 0.05) is 6.04 Å². The lowest BCUT2D eigenvalue weighted by Gasteiger charge is -2.28. The molecule has 2 saturated carbocycles. The van der Waals surface area contributed by atoms with E-state index >= 15 is 0 Å². The number of fused-ring (bicyclic) bond motifs is 2. The normalized spacial score (nSPS) is 39.4. The van der Waals surface area contributed by atoms with Gasteiger partial charge in [0.15, 0.2) is 0 Å². The van der Waals surface area contributed by atoms with Crippen molar-refractivity contribution in [1.29, 1.82) is 0 Å². The quantitative estimate of drug-likeness (QED) is 0.829. The molecule has 102 valence electrons. The van der Waals surface area contributed by atoms with Crippen molar-refractivity contribution in [3.8, 4) is 0 Å². The lowest BCUT2D eigenvalue weighted by molar-refractivity contribution is -0.126. The van der Waals surface area contributed by atoms with Crippen molar-refractivity contribution in [3.05, 3.63) is 0 Å². The van der Waals surface area contributed by atoms with Gasteiger partial charge in [-0.25, -0.2) is 0 Å². The van der Waals surface area contributed by atoms with Crippen LogP contribution in [0.4, 0.5) is 0 Å². The van der Waals surface area contributed by atoms with Gasteiger partial charge in [0.25, 0.3) is 0 Å². The van der Waals surface area contributed by atoms with Gasteiger partial charge < -0.3 is 5.32 Å². The molecule has 3 fully saturated rings. The van der Waals surface area contributed by atoms with Gasteiger partial charge in [-0.3, -0.25) is 9.69 Å². The highest BCUT2D eigenvalue weighted by atomic mass is 16.2. The first-order chi connectivity index (χ1) is 8.78. The van der Waals surface area contributed by atoms with E-state index in [1.165, 1.54) is 32.1 Å². The number of hydrogen-bond donors (Lipinski definition) is 1. The zero-order chi connectivity index (χ0) is 12.5. The molecule has 0 aromatic carbocycles. The van der Waals surface area contributed by atoms with E-state index in [9.17, 15) is 4.79 Å². The fourth-order valence-electron chi connectivity index (χ4n) is 4.38. The number of carbonyl (C=O) groups excluding carboxylic acids is 1. The summed E-state index contributed by atoms with van der Waals surface area (Å²) in [4.78, 5) is 14.8. The zero-order valence-corrected chi connectivity index (χ0v) is 11.5. The second-order valence-electron chi connectivity index (χ2n) is 6.48. The van der Waals surface area contributed by atoms with E-state index in [2.05, 4.69) is 17.1 Å². The summed E-state index contributed by atoms with van der Waals surface area (Å²) in [7, 11) is 0. The minimum Gasteiger partial charge on any atom is -0.352 e. The van der Waals surface area contributed by atoms with Crippen LogP contribution in [0.25, 0.3) is 0 Å². The fraction of sp³-hybridized carbons (Fsp3) is 0.933. The summed E-state index contributed by atoms with van der Waals surface area (Å²) >= 11 is 0. The van der Waals surface area contributed by atoms with Crippen LogP contribution in [0.3, 0.4) is 0 Å². The minimum absolute atomic E-state index is 0.170. The lowest BCUT2D eigenvalue weighted by atomic mass is 9.95. The molecule has 1 saturated heterocycles. The molecule has 3 heteroatoms. The van der Waals surface area contributed by atoms with E-state index in [0.717, 1.165) is 37.8 Å². The van der Waals surface area contributed by atoms with Gasteiger partial charge in [0.05, 0.1) is 6.04 Å². The molecular weight excluding hydrogens is 224 g/mol. The maximum Gasteiger partial charge on any atom is 0.237 e. The number of hydrogen-bond acceptors (Lipinski definition) is 2. The van der Waals surface area contributed by atoms with Gasteiger partial charge in [-0.15, -0.1) is 0 Å². The van der Waals surface area contributed by atoms with Crippen molar-refractivity contribution in [2.45, 2.75) is 64.0 Å². The molecule has 1 heterocycles. The van der Waals surface area contributed by atoms with E-state index in [1.54, 1.807) is 0 Å². The van der Waals surface area contributed by atoms with Gasteiger partial charge in [0.2, 0.25) is 5.91 Å². The maximum atomic E-state index is 12.4. The molecule has 0 spiro atoms. The van der Waals surface area contributed by atoms with Gasteiger partial charge in [-0.1, -0.05) is 13.3 Å². The minimum atomic E-state index is 0.170. The van der Waals surface area contributed by atoms with Gasteiger partial charge in [-0.2, -0.15) is 0 Å². The number of likely N-dealkylation sites (tertiary alicyclic amines) is 1. The maximum absolute atomic E-state index is 12.4. The molecule has 2 bridgehead atoms. The molecule has 1 amide bonds. The Morgan fingerprint density at radius 1 is 1.28 bits per heavy atom. The van der Waals surface area contributed by atoms with Crippen LogP contribution >= 0.6 is 0 Å². The van der Waals surface area contributed by atoms with Crippen molar-refractivity contribution >= 4 is 5.91 Å². The molecule has 1 N–H and O–H groups in total. The van der Waals surface area contributed by atoms with Crippen LogP contribution in [0.15, 0.2) is 0 Å². The molecule has 3 unspecified atom stereocenters. The molecular formula is C15H26N2O. The monoisotopic (exact) mass is 250 g/mol. The van der Waals surface area contributed by atoms with E-state index < -0.39 is 0 Å². The van der Waals surface area contributed by atoms with Crippen molar-refractivity contribution in [2.75, 3.05) is 13.1 Å². The Kier molecular flexibility index (Phi) is 3.60. The Labute approximate surface area is 110 Å². The van der Waals surface area contributed by atoms with E-state index in [0.29, 0.717) is 11.9 Å². The zero-order valence-electron chi connectivity index (χ0n) is 11.5. The molecule has 4 atom stereocenters. The molecule has 3 nitrogen and oxygen atoms in total. The second kappa shape index (κ2) is 5.20. The smallest absolute Gasteiger partial charge is 0.237 e. The summed E-state index contributed by atoms with van der Waals surface area (Å²) in [6.45, 7) is 4.39. The van der Waals surface area contributed by atoms with Crippen LogP contribution in [-0.2, 0) is 4.79 Å². The van der Waals surface area contributed by atoms with Crippen LogP contribution in [0, 0.1) is 11.8 Å². The van der Waals surface area contributed by atoms with E-state index in [1.807, 2.05) is 0 Å². The number of nitrogens with zero attached hydrogens (tertiary/aromatic N) is 1. The van der Waals surface area contributed by atoms with Crippen LogP contribution in [0.1, 0.15) is 51.9 Å². The largest absolute Gasteiger partial charge is 0.352 e. The summed E-state index contributed by atoms with van der Waals surface area (Å²) in [5.41, 5.74) is 0. The standard InChI is InChI=1S/C15H26N2O/c1-2-7-17-8-3-4-14(17)15(18)16-13-10-11-5-6-12(13)9-11/h11-14H,2-10H2,1H3,(H,16,18)/t11?,12?,13?,14-/m1/s1. The molecule has 18 heavy (non-hydrogen) atoms. The average Bonchev–Trinajstić information content (AvgIpc) is 3.04. The molecule has 0 aromatic rings. The van der Waals surface area contributed by atoms with Gasteiger partial charge >= 0.3 is 0 Å². The summed E-state index contributed by atoms with van der Waals surface area (Å²) < 4.78 is 0. The number of amides is 1. The van der Waals surface area contributed by atoms with Crippen LogP contribution in [-0.4, -0.2) is 36.0 Å². The average molecular weight is 250 g/mol. The van der Waals surface area contributed by atoms with Crippen molar-refractivity contribution in [1.82, 2.24) is 10.2 Å². The highest BCUT2D eigenvalue weighted by Crippen LogP contribution is 2.44. The number of carbonyl (C=O) groups is 1. The molecule has 1 aliphatic heterocycles. The van der Waals surface area contributed by atoms with E-state index in [4.69, 9.17) is 0 Å². The van der Waals surface area contributed by atoms with Crippen LogP contribution < -0.4 is 5.32 Å². The number of nitrogens with one attached hydrogen (secondary N) is 1. The Morgan fingerprint density at radius 2 is 2.17 bits per heavy atom. The van der Waals surface area contributed by atoms with Gasteiger partial charge in [0.1, 0.15) is 0 Å². The third-order valence-corrected chi connectivity index (χ3v) is 5.24. The van der Waals surface area contributed by atoms with Crippen molar-refractivity contribution < 1.29 is 4.79 Å². The molecule has 3 rings (SSSR count). The lowest BCUT2D eigenvalue weighted by Crippen LogP contribution is -2.48. The number of rotatable bonds is 4. The summed E-state index contributed by atoms with van der Waals surface area (Å²) in [6.07, 6.45) is 8.77. The SMILES string of the molecule is CCCN1CCC[C@@H]1C(=O)NC1CC2CCC1C2. The van der Waals surface area contributed by atoms with Crippen LogP contribution in [0.2, 0.25) is 0 Å². The topological polar surface area (TPSA) is 32.3 Å². The van der Waals surface area contributed by atoms with Crippen molar-refractivity contribution in [3.63, 3.8) is 0 Å². The predicted octanol–water partition coefficient (Wildman–Crippen LogP) is 2.17.